The molecular weight excluding hydrogens is 319 g/mol. The van der Waals surface area contributed by atoms with Crippen molar-refractivity contribution in [3.05, 3.63) is 71.5 Å². The van der Waals surface area contributed by atoms with Gasteiger partial charge in [0.25, 0.3) is 0 Å². The molecule has 0 saturated carbocycles. The summed E-state index contributed by atoms with van der Waals surface area (Å²) < 4.78 is 13.8. The molecule has 0 aliphatic heterocycles. The highest BCUT2D eigenvalue weighted by Gasteiger charge is 2.06. The first-order chi connectivity index (χ1) is 10.6. The van der Waals surface area contributed by atoms with Crippen LogP contribution in [0, 0.1) is 5.82 Å². The molecule has 0 atom stereocenters. The number of fused-ring (bicyclic) bond motifs is 1. The Labute approximate surface area is 137 Å². The topological polar surface area (TPSA) is 24.1 Å². The van der Waals surface area contributed by atoms with Gasteiger partial charge in [-0.1, -0.05) is 48.0 Å². The molecule has 5 heteroatoms. The Morgan fingerprint density at radius 2 is 1.64 bits per heavy atom. The SMILES string of the molecule is Fc1cc(Cl)ccc1NC(=S)Nc1cccc2ccccc12. The van der Waals surface area contributed by atoms with Gasteiger partial charge in [-0.25, -0.2) is 4.39 Å². The van der Waals surface area contributed by atoms with Gasteiger partial charge in [0.1, 0.15) is 5.82 Å². The minimum absolute atomic E-state index is 0.280. The maximum Gasteiger partial charge on any atom is 0.175 e. The van der Waals surface area contributed by atoms with Crippen LogP contribution in [-0.2, 0) is 0 Å². The standard InChI is InChI=1S/C17H12ClFN2S/c18-12-8-9-16(14(19)10-12)21-17(22)20-15-7-3-5-11-4-1-2-6-13(11)15/h1-10H,(H2,20,21,22). The molecule has 0 aromatic heterocycles. The molecule has 3 rings (SSSR count). The van der Waals surface area contributed by atoms with E-state index in [0.29, 0.717) is 10.1 Å². The molecule has 0 saturated heterocycles. The fraction of sp³-hybridized carbons (Fsp3) is 0. The van der Waals surface area contributed by atoms with E-state index >= 15 is 0 Å². The van der Waals surface area contributed by atoms with Crippen LogP contribution in [0.3, 0.4) is 0 Å². The number of benzene rings is 3. The first kappa shape index (κ1) is 14.8. The number of hydrogen-bond acceptors (Lipinski definition) is 1. The monoisotopic (exact) mass is 330 g/mol. The van der Waals surface area contributed by atoms with Crippen LogP contribution in [0.5, 0.6) is 0 Å². The molecule has 3 aromatic rings. The summed E-state index contributed by atoms with van der Waals surface area (Å²) in [5.41, 5.74) is 1.15. The first-order valence-corrected chi connectivity index (χ1v) is 7.43. The summed E-state index contributed by atoms with van der Waals surface area (Å²) in [7, 11) is 0. The molecule has 0 fully saturated rings. The lowest BCUT2D eigenvalue weighted by atomic mass is 10.1. The van der Waals surface area contributed by atoms with Gasteiger partial charge in [-0.3, -0.25) is 0 Å². The Morgan fingerprint density at radius 3 is 2.45 bits per heavy atom. The molecule has 0 aliphatic rings. The number of anilines is 2. The van der Waals surface area contributed by atoms with E-state index in [9.17, 15) is 4.39 Å². The van der Waals surface area contributed by atoms with Gasteiger partial charge in [-0.15, -0.1) is 0 Å². The minimum atomic E-state index is -0.449. The molecule has 2 N–H and O–H groups in total. The van der Waals surface area contributed by atoms with Crippen molar-refractivity contribution < 1.29 is 4.39 Å². The maximum atomic E-state index is 13.8. The number of rotatable bonds is 2. The van der Waals surface area contributed by atoms with E-state index in [1.807, 2.05) is 42.5 Å². The molecular formula is C17H12ClFN2S. The minimum Gasteiger partial charge on any atom is -0.332 e. The van der Waals surface area contributed by atoms with Crippen molar-refractivity contribution >= 4 is 51.1 Å². The van der Waals surface area contributed by atoms with Crippen molar-refractivity contribution in [2.45, 2.75) is 0 Å². The van der Waals surface area contributed by atoms with Crippen molar-refractivity contribution in [2.75, 3.05) is 10.6 Å². The van der Waals surface area contributed by atoms with Gasteiger partial charge < -0.3 is 10.6 Å². The van der Waals surface area contributed by atoms with E-state index < -0.39 is 5.82 Å². The predicted octanol–water partition coefficient (Wildman–Crippen LogP) is 5.44. The summed E-state index contributed by atoms with van der Waals surface area (Å²) in [5.74, 6) is -0.449. The summed E-state index contributed by atoms with van der Waals surface area (Å²) in [6.07, 6.45) is 0. The Kier molecular flexibility index (Phi) is 4.22. The Morgan fingerprint density at radius 1 is 0.909 bits per heavy atom. The average molecular weight is 331 g/mol. The Hall–Kier alpha value is -2.17. The second-order valence-electron chi connectivity index (χ2n) is 4.73. The van der Waals surface area contributed by atoms with Crippen molar-refractivity contribution in [1.29, 1.82) is 0 Å². The Balaban J connectivity index is 1.81. The zero-order valence-electron chi connectivity index (χ0n) is 11.4. The summed E-state index contributed by atoms with van der Waals surface area (Å²) in [6.45, 7) is 0. The predicted molar refractivity (Wildman–Crippen MR) is 95.2 cm³/mol. The quantitative estimate of drug-likeness (QED) is 0.612. The molecule has 2 nitrogen and oxygen atoms in total. The van der Waals surface area contributed by atoms with E-state index in [1.165, 1.54) is 6.07 Å². The summed E-state index contributed by atoms with van der Waals surface area (Å²) in [5, 5.41) is 8.75. The lowest BCUT2D eigenvalue weighted by Gasteiger charge is -2.13. The molecule has 110 valence electrons. The zero-order valence-corrected chi connectivity index (χ0v) is 13.0. The Bertz CT molecular complexity index is 846. The summed E-state index contributed by atoms with van der Waals surface area (Å²) in [4.78, 5) is 0. The van der Waals surface area contributed by atoms with E-state index in [0.717, 1.165) is 16.5 Å². The van der Waals surface area contributed by atoms with Crippen LogP contribution in [-0.4, -0.2) is 5.11 Å². The number of thiocarbonyl (C=S) groups is 1. The van der Waals surface area contributed by atoms with Gasteiger partial charge in [0.15, 0.2) is 5.11 Å². The number of hydrogen-bond donors (Lipinski definition) is 2. The maximum absolute atomic E-state index is 13.8. The fourth-order valence-electron chi connectivity index (χ4n) is 2.20. The summed E-state index contributed by atoms with van der Waals surface area (Å²) >= 11 is 11.0. The fourth-order valence-corrected chi connectivity index (χ4v) is 2.58. The van der Waals surface area contributed by atoms with E-state index in [2.05, 4.69) is 10.6 Å². The first-order valence-electron chi connectivity index (χ1n) is 6.64. The van der Waals surface area contributed by atoms with Crippen LogP contribution in [0.15, 0.2) is 60.7 Å². The van der Waals surface area contributed by atoms with Crippen LogP contribution >= 0.6 is 23.8 Å². The van der Waals surface area contributed by atoms with Crippen LogP contribution in [0.25, 0.3) is 10.8 Å². The molecule has 22 heavy (non-hydrogen) atoms. The highest BCUT2D eigenvalue weighted by Crippen LogP contribution is 2.24. The second kappa shape index (κ2) is 6.30. The third-order valence-electron chi connectivity index (χ3n) is 3.22. The van der Waals surface area contributed by atoms with Crippen LogP contribution in [0.4, 0.5) is 15.8 Å². The van der Waals surface area contributed by atoms with Crippen molar-refractivity contribution in [1.82, 2.24) is 0 Å². The zero-order chi connectivity index (χ0) is 15.5. The molecule has 3 aromatic carbocycles. The van der Waals surface area contributed by atoms with Crippen LogP contribution in [0.2, 0.25) is 5.02 Å². The van der Waals surface area contributed by atoms with Gasteiger partial charge >= 0.3 is 0 Å². The lowest BCUT2D eigenvalue weighted by Crippen LogP contribution is -2.19. The molecule has 0 radical (unpaired) electrons. The third kappa shape index (κ3) is 3.18. The van der Waals surface area contributed by atoms with E-state index in [-0.39, 0.29) is 5.69 Å². The highest BCUT2D eigenvalue weighted by atomic mass is 35.5. The summed E-state index contributed by atoms with van der Waals surface area (Å²) in [6, 6.07) is 18.3. The van der Waals surface area contributed by atoms with Gasteiger partial charge in [0.2, 0.25) is 0 Å². The van der Waals surface area contributed by atoms with Crippen molar-refractivity contribution in [2.24, 2.45) is 0 Å². The van der Waals surface area contributed by atoms with E-state index in [1.54, 1.807) is 12.1 Å². The molecule has 0 heterocycles. The highest BCUT2D eigenvalue weighted by molar-refractivity contribution is 7.80. The average Bonchev–Trinajstić information content (AvgIpc) is 2.50. The molecule has 0 bridgehead atoms. The lowest BCUT2D eigenvalue weighted by molar-refractivity contribution is 0.632. The van der Waals surface area contributed by atoms with E-state index in [4.69, 9.17) is 23.8 Å². The van der Waals surface area contributed by atoms with Crippen LogP contribution < -0.4 is 10.6 Å². The van der Waals surface area contributed by atoms with Crippen molar-refractivity contribution in [3.8, 4) is 0 Å². The molecule has 0 aliphatic carbocycles. The second-order valence-corrected chi connectivity index (χ2v) is 5.57. The normalized spacial score (nSPS) is 10.5. The molecule has 0 amide bonds. The van der Waals surface area contributed by atoms with Gasteiger partial charge in [-0.2, -0.15) is 0 Å². The number of halogens is 2. The van der Waals surface area contributed by atoms with Gasteiger partial charge in [0, 0.05) is 16.1 Å². The van der Waals surface area contributed by atoms with Crippen molar-refractivity contribution in [3.63, 3.8) is 0 Å². The smallest absolute Gasteiger partial charge is 0.175 e. The number of nitrogens with one attached hydrogen (secondary N) is 2. The van der Waals surface area contributed by atoms with Gasteiger partial charge in [-0.05, 0) is 41.9 Å². The van der Waals surface area contributed by atoms with Gasteiger partial charge in [0.05, 0.1) is 5.69 Å². The third-order valence-corrected chi connectivity index (χ3v) is 3.66. The van der Waals surface area contributed by atoms with Crippen LogP contribution in [0.1, 0.15) is 0 Å². The molecule has 0 unspecified atom stereocenters. The largest absolute Gasteiger partial charge is 0.332 e. The molecule has 0 spiro atoms.